The number of aromatic nitrogens is 1. The molecule has 1 aliphatic rings. The van der Waals surface area contributed by atoms with Gasteiger partial charge in [-0.15, -0.1) is 0 Å². The van der Waals surface area contributed by atoms with Gasteiger partial charge in [-0.1, -0.05) is 35.9 Å². The van der Waals surface area contributed by atoms with E-state index in [1.54, 1.807) is 6.07 Å². The number of nitrogens with zero attached hydrogens (tertiary/aromatic N) is 2. The molecular weight excluding hydrogens is 377 g/mol. The lowest BCUT2D eigenvalue weighted by atomic mass is 9.98. The largest absolute Gasteiger partial charge is 0.416 e. The number of aryl methyl sites for hydroxylation is 1. The zero-order chi connectivity index (χ0) is 19.2. The van der Waals surface area contributed by atoms with Gasteiger partial charge in [0.15, 0.2) is 0 Å². The number of amides is 1. The highest BCUT2D eigenvalue weighted by Gasteiger charge is 2.33. The summed E-state index contributed by atoms with van der Waals surface area (Å²) < 4.78 is 38.9. The summed E-state index contributed by atoms with van der Waals surface area (Å²) in [6.45, 7) is 0.420. The number of rotatable bonds is 1. The van der Waals surface area contributed by atoms with E-state index in [0.717, 1.165) is 22.9 Å². The van der Waals surface area contributed by atoms with Crippen molar-refractivity contribution in [3.8, 4) is 0 Å². The molecule has 0 saturated heterocycles. The Balaban J connectivity index is 1.74. The maximum absolute atomic E-state index is 13.0. The molecule has 138 valence electrons. The summed E-state index contributed by atoms with van der Waals surface area (Å²) >= 11 is 6.21. The van der Waals surface area contributed by atoms with E-state index < -0.39 is 11.7 Å². The number of carbonyl (C=O) groups is 1. The van der Waals surface area contributed by atoms with Crippen LogP contribution >= 0.6 is 11.6 Å². The third-order valence-electron chi connectivity index (χ3n) is 4.68. The molecule has 2 heterocycles. The van der Waals surface area contributed by atoms with Crippen LogP contribution in [0.5, 0.6) is 0 Å². The van der Waals surface area contributed by atoms with Crippen molar-refractivity contribution in [3.05, 3.63) is 70.5 Å². The first-order valence-electron chi connectivity index (χ1n) is 8.42. The van der Waals surface area contributed by atoms with E-state index >= 15 is 0 Å². The van der Waals surface area contributed by atoms with Crippen LogP contribution in [0.4, 0.5) is 18.9 Å². The van der Waals surface area contributed by atoms with Gasteiger partial charge in [0.1, 0.15) is 10.8 Å². The molecule has 0 aliphatic carbocycles. The summed E-state index contributed by atoms with van der Waals surface area (Å²) in [5.74, 6) is -0.372. The minimum atomic E-state index is -4.41. The smallest absolute Gasteiger partial charge is 0.307 e. The van der Waals surface area contributed by atoms with Gasteiger partial charge in [0.05, 0.1) is 5.56 Å². The first kappa shape index (κ1) is 17.8. The van der Waals surface area contributed by atoms with Crippen LogP contribution in [0.3, 0.4) is 0 Å². The number of alkyl halides is 3. The molecule has 0 atom stereocenters. The number of fused-ring (bicyclic) bond motifs is 2. The molecule has 0 spiro atoms. The van der Waals surface area contributed by atoms with Crippen molar-refractivity contribution in [1.82, 2.24) is 4.98 Å². The van der Waals surface area contributed by atoms with E-state index in [0.29, 0.717) is 30.6 Å². The number of pyridine rings is 1. The molecule has 2 aromatic carbocycles. The van der Waals surface area contributed by atoms with Gasteiger partial charge in [-0.25, -0.2) is 4.98 Å². The van der Waals surface area contributed by atoms with Crippen LogP contribution in [0.25, 0.3) is 10.8 Å². The summed E-state index contributed by atoms with van der Waals surface area (Å²) in [6, 6.07) is 12.5. The van der Waals surface area contributed by atoms with Crippen LogP contribution in [0.15, 0.2) is 48.5 Å². The summed E-state index contributed by atoms with van der Waals surface area (Å²) in [7, 11) is 0. The van der Waals surface area contributed by atoms with E-state index in [2.05, 4.69) is 4.98 Å². The minimum Gasteiger partial charge on any atom is -0.307 e. The Labute approximate surface area is 158 Å². The highest BCUT2D eigenvalue weighted by Crippen LogP contribution is 2.36. The summed E-state index contributed by atoms with van der Waals surface area (Å²) in [4.78, 5) is 18.7. The summed E-state index contributed by atoms with van der Waals surface area (Å²) in [5, 5.41) is 1.75. The standard InChI is InChI=1S/C20H14ClF3N2O/c21-18-15-6-2-1-4-12(15)11-16(25-18)19(27)26-9-3-5-13-10-14(20(22,23)24)7-8-17(13)26/h1-2,4,6-8,10-11H,3,5,9H2. The van der Waals surface area contributed by atoms with Crippen molar-refractivity contribution < 1.29 is 18.0 Å². The van der Waals surface area contributed by atoms with Gasteiger partial charge in [-0.05, 0) is 48.1 Å². The van der Waals surface area contributed by atoms with E-state index in [-0.39, 0.29) is 16.8 Å². The topological polar surface area (TPSA) is 33.2 Å². The lowest BCUT2D eigenvalue weighted by Gasteiger charge is -2.30. The van der Waals surface area contributed by atoms with Gasteiger partial charge in [0.25, 0.3) is 5.91 Å². The third-order valence-corrected chi connectivity index (χ3v) is 4.97. The van der Waals surface area contributed by atoms with E-state index in [4.69, 9.17) is 11.6 Å². The van der Waals surface area contributed by atoms with Crippen LogP contribution in [0.1, 0.15) is 28.0 Å². The number of halogens is 4. The number of anilines is 1. The van der Waals surface area contributed by atoms with Gasteiger partial charge in [0, 0.05) is 17.6 Å². The van der Waals surface area contributed by atoms with Crippen molar-refractivity contribution in [2.45, 2.75) is 19.0 Å². The average molecular weight is 391 g/mol. The molecule has 7 heteroatoms. The van der Waals surface area contributed by atoms with Crippen molar-refractivity contribution >= 4 is 34.0 Å². The molecule has 0 N–H and O–H groups in total. The molecule has 0 bridgehead atoms. The molecule has 4 rings (SSSR count). The normalized spacial score (nSPS) is 14.3. The molecule has 1 aliphatic heterocycles. The Morgan fingerprint density at radius 2 is 1.89 bits per heavy atom. The lowest BCUT2D eigenvalue weighted by Crippen LogP contribution is -2.36. The number of benzene rings is 2. The zero-order valence-electron chi connectivity index (χ0n) is 14.1. The summed E-state index contributed by atoms with van der Waals surface area (Å²) in [5.41, 5.74) is 0.468. The molecule has 0 saturated carbocycles. The summed E-state index contributed by atoms with van der Waals surface area (Å²) in [6.07, 6.45) is -3.33. The Kier molecular flexibility index (Phi) is 4.30. The molecular formula is C20H14ClF3N2O. The Hall–Kier alpha value is -2.60. The van der Waals surface area contributed by atoms with Crippen LogP contribution < -0.4 is 4.90 Å². The molecule has 3 aromatic rings. The van der Waals surface area contributed by atoms with E-state index in [1.807, 2.05) is 24.3 Å². The second-order valence-electron chi connectivity index (χ2n) is 6.42. The molecule has 1 aromatic heterocycles. The molecule has 27 heavy (non-hydrogen) atoms. The second kappa shape index (κ2) is 6.53. The molecule has 0 radical (unpaired) electrons. The quantitative estimate of drug-likeness (QED) is 0.514. The number of carbonyl (C=O) groups excluding carboxylic acids is 1. The van der Waals surface area contributed by atoms with E-state index in [1.165, 1.54) is 11.0 Å². The monoisotopic (exact) mass is 390 g/mol. The maximum atomic E-state index is 13.0. The van der Waals surface area contributed by atoms with Gasteiger partial charge >= 0.3 is 6.18 Å². The van der Waals surface area contributed by atoms with Crippen LogP contribution in [0.2, 0.25) is 5.15 Å². The van der Waals surface area contributed by atoms with Crippen LogP contribution in [0, 0.1) is 0 Å². The van der Waals surface area contributed by atoms with E-state index in [9.17, 15) is 18.0 Å². The lowest BCUT2D eigenvalue weighted by molar-refractivity contribution is -0.137. The Bertz CT molecular complexity index is 1050. The SMILES string of the molecule is O=C(c1cc2ccccc2c(Cl)n1)N1CCCc2cc(C(F)(F)F)ccc21. The number of hydrogen-bond acceptors (Lipinski definition) is 2. The molecule has 0 fully saturated rings. The Morgan fingerprint density at radius 3 is 2.67 bits per heavy atom. The maximum Gasteiger partial charge on any atom is 0.416 e. The fourth-order valence-corrected chi connectivity index (χ4v) is 3.65. The minimum absolute atomic E-state index is 0.173. The molecule has 1 amide bonds. The van der Waals surface area contributed by atoms with Crippen LogP contribution in [-0.2, 0) is 12.6 Å². The van der Waals surface area contributed by atoms with Crippen molar-refractivity contribution in [2.75, 3.05) is 11.4 Å². The second-order valence-corrected chi connectivity index (χ2v) is 6.78. The van der Waals surface area contributed by atoms with Gasteiger partial charge in [-0.2, -0.15) is 13.2 Å². The van der Waals surface area contributed by atoms with Crippen molar-refractivity contribution in [1.29, 1.82) is 0 Å². The predicted molar refractivity (Wildman–Crippen MR) is 98.2 cm³/mol. The highest BCUT2D eigenvalue weighted by atomic mass is 35.5. The first-order valence-corrected chi connectivity index (χ1v) is 8.79. The van der Waals surface area contributed by atoms with Gasteiger partial charge in [0.2, 0.25) is 0 Å². The third kappa shape index (κ3) is 3.25. The van der Waals surface area contributed by atoms with Crippen molar-refractivity contribution in [2.24, 2.45) is 0 Å². The zero-order valence-corrected chi connectivity index (χ0v) is 14.8. The Morgan fingerprint density at radius 1 is 1.11 bits per heavy atom. The molecule has 3 nitrogen and oxygen atoms in total. The fraction of sp³-hybridized carbons (Fsp3) is 0.200. The molecule has 0 unspecified atom stereocenters. The van der Waals surface area contributed by atoms with Gasteiger partial charge < -0.3 is 4.90 Å². The van der Waals surface area contributed by atoms with Crippen LogP contribution in [-0.4, -0.2) is 17.4 Å². The highest BCUT2D eigenvalue weighted by molar-refractivity contribution is 6.34. The number of hydrogen-bond donors (Lipinski definition) is 0. The fourth-order valence-electron chi connectivity index (χ4n) is 3.39. The predicted octanol–water partition coefficient (Wildman–Crippen LogP) is 5.50. The van der Waals surface area contributed by atoms with Gasteiger partial charge in [-0.3, -0.25) is 4.79 Å². The van der Waals surface area contributed by atoms with Crippen molar-refractivity contribution in [3.63, 3.8) is 0 Å². The average Bonchev–Trinajstić information content (AvgIpc) is 2.65. The first-order chi connectivity index (χ1) is 12.8.